The Morgan fingerprint density at radius 1 is 1.53 bits per heavy atom. The van der Waals surface area contributed by atoms with Crippen molar-refractivity contribution >= 4 is 33.1 Å². The highest BCUT2D eigenvalue weighted by molar-refractivity contribution is 9.10. The van der Waals surface area contributed by atoms with Crippen LogP contribution in [0.2, 0.25) is 0 Å². The summed E-state index contributed by atoms with van der Waals surface area (Å²) in [6, 6.07) is 5.63. The third-order valence-corrected chi connectivity index (χ3v) is 2.73. The smallest absolute Gasteiger partial charge is 0.404 e. The molecule has 1 aromatic heterocycles. The van der Waals surface area contributed by atoms with Crippen LogP contribution in [-0.2, 0) is 6.42 Å². The summed E-state index contributed by atoms with van der Waals surface area (Å²) >= 11 is 3.36. The Kier molecular flexibility index (Phi) is 3.63. The number of hydrogen-bond acceptors (Lipinski definition) is 3. The Hall–Kier alpha value is -1.56. The Bertz CT molecular complexity index is 538. The summed E-state index contributed by atoms with van der Waals surface area (Å²) in [6.07, 6.45) is 0.277. The highest BCUT2D eigenvalue weighted by Crippen LogP contribution is 2.20. The maximum absolute atomic E-state index is 10.2. The molecule has 0 aliphatic heterocycles. The minimum Gasteiger partial charge on any atom is -0.465 e. The summed E-state index contributed by atoms with van der Waals surface area (Å²) in [7, 11) is 0. The lowest BCUT2D eigenvalue weighted by Gasteiger charge is -1.97. The molecule has 0 atom stereocenters. The number of oxazole rings is 1. The molecule has 1 heterocycles. The molecule has 2 aromatic rings. The van der Waals surface area contributed by atoms with Gasteiger partial charge in [-0.05, 0) is 24.6 Å². The molecule has 90 valence electrons. The van der Waals surface area contributed by atoms with Gasteiger partial charge in [-0.15, -0.1) is 0 Å². The molecule has 0 aliphatic rings. The summed E-state index contributed by atoms with van der Waals surface area (Å²) in [5.41, 5.74) is 1.55. The van der Waals surface area contributed by atoms with Gasteiger partial charge >= 0.3 is 6.09 Å². The van der Waals surface area contributed by atoms with Gasteiger partial charge in [0.05, 0.1) is 0 Å². The third kappa shape index (κ3) is 3.20. The van der Waals surface area contributed by atoms with E-state index < -0.39 is 6.09 Å². The first kappa shape index (κ1) is 11.9. The normalized spacial score (nSPS) is 10.6. The topological polar surface area (TPSA) is 75.4 Å². The zero-order valence-corrected chi connectivity index (χ0v) is 10.5. The lowest BCUT2D eigenvalue weighted by molar-refractivity contribution is 0.194. The Balaban J connectivity index is 1.97. The molecule has 1 aromatic carbocycles. The molecule has 6 heteroatoms. The zero-order chi connectivity index (χ0) is 12.3. The Labute approximate surface area is 106 Å². The van der Waals surface area contributed by atoms with E-state index >= 15 is 0 Å². The van der Waals surface area contributed by atoms with Gasteiger partial charge in [0, 0.05) is 17.4 Å². The van der Waals surface area contributed by atoms with Crippen LogP contribution in [0.1, 0.15) is 12.3 Å². The molecule has 2 rings (SSSR count). The Morgan fingerprint density at radius 3 is 3.12 bits per heavy atom. The third-order valence-electron chi connectivity index (χ3n) is 2.24. The van der Waals surface area contributed by atoms with Crippen molar-refractivity contribution in [3.8, 4) is 0 Å². The summed E-state index contributed by atoms with van der Waals surface area (Å²) in [5.74, 6) is 0.630. The first-order chi connectivity index (χ1) is 8.15. The zero-order valence-electron chi connectivity index (χ0n) is 8.94. The van der Waals surface area contributed by atoms with Crippen molar-refractivity contribution in [2.75, 3.05) is 6.54 Å². The molecule has 0 aliphatic carbocycles. The van der Waals surface area contributed by atoms with E-state index in [4.69, 9.17) is 9.52 Å². The maximum Gasteiger partial charge on any atom is 0.404 e. The van der Waals surface area contributed by atoms with E-state index in [1.54, 1.807) is 0 Å². The molecular weight excluding hydrogens is 288 g/mol. The number of nitrogens with zero attached hydrogens (tertiary/aromatic N) is 1. The van der Waals surface area contributed by atoms with E-state index in [0.717, 1.165) is 15.6 Å². The minimum atomic E-state index is -1.01. The second-order valence-corrected chi connectivity index (χ2v) is 4.47. The molecular formula is C11H11BrN2O3. The van der Waals surface area contributed by atoms with Crippen LogP contribution in [0.15, 0.2) is 27.1 Å². The van der Waals surface area contributed by atoms with Crippen molar-refractivity contribution in [1.82, 2.24) is 10.3 Å². The first-order valence-electron chi connectivity index (χ1n) is 5.17. The molecule has 0 bridgehead atoms. The number of rotatable bonds is 4. The quantitative estimate of drug-likeness (QED) is 0.851. The average Bonchev–Trinajstić information content (AvgIpc) is 2.66. The fourth-order valence-corrected chi connectivity index (χ4v) is 1.84. The number of aryl methyl sites for hydroxylation is 1. The van der Waals surface area contributed by atoms with Gasteiger partial charge < -0.3 is 14.8 Å². The van der Waals surface area contributed by atoms with E-state index in [1.165, 1.54) is 0 Å². The average molecular weight is 299 g/mol. The Morgan fingerprint density at radius 2 is 2.35 bits per heavy atom. The van der Waals surface area contributed by atoms with Crippen molar-refractivity contribution < 1.29 is 14.3 Å². The van der Waals surface area contributed by atoms with Crippen LogP contribution in [0.5, 0.6) is 0 Å². The first-order valence-corrected chi connectivity index (χ1v) is 5.96. The van der Waals surface area contributed by atoms with Gasteiger partial charge in [-0.25, -0.2) is 9.78 Å². The lowest BCUT2D eigenvalue weighted by Crippen LogP contribution is -2.22. The van der Waals surface area contributed by atoms with E-state index in [2.05, 4.69) is 26.2 Å². The van der Waals surface area contributed by atoms with Crippen molar-refractivity contribution in [2.45, 2.75) is 12.8 Å². The highest BCUT2D eigenvalue weighted by Gasteiger charge is 2.05. The number of aromatic nitrogens is 1. The van der Waals surface area contributed by atoms with Crippen molar-refractivity contribution in [3.63, 3.8) is 0 Å². The van der Waals surface area contributed by atoms with Gasteiger partial charge in [-0.2, -0.15) is 0 Å². The van der Waals surface area contributed by atoms with Crippen LogP contribution in [0, 0.1) is 0 Å². The van der Waals surface area contributed by atoms with E-state index in [9.17, 15) is 4.79 Å². The minimum absolute atomic E-state index is 0.401. The number of halogens is 1. The standard InChI is InChI=1S/C11H11BrN2O3/c12-7-3-4-9-8(6-7)14-10(17-9)2-1-5-13-11(15)16/h3-4,6,13H,1-2,5H2,(H,15,16). The molecule has 0 spiro atoms. The van der Waals surface area contributed by atoms with Gasteiger partial charge in [0.25, 0.3) is 0 Å². The molecule has 1 amide bonds. The fraction of sp³-hybridized carbons (Fsp3) is 0.273. The lowest BCUT2D eigenvalue weighted by atomic mass is 10.3. The van der Waals surface area contributed by atoms with Crippen molar-refractivity contribution in [2.24, 2.45) is 0 Å². The predicted octanol–water partition coefficient (Wildman–Crippen LogP) is 2.79. The van der Waals surface area contributed by atoms with Crippen LogP contribution >= 0.6 is 15.9 Å². The number of hydrogen-bond donors (Lipinski definition) is 2. The van der Waals surface area contributed by atoms with Gasteiger partial charge in [0.1, 0.15) is 5.52 Å². The summed E-state index contributed by atoms with van der Waals surface area (Å²) < 4.78 is 6.48. The summed E-state index contributed by atoms with van der Waals surface area (Å²) in [6.45, 7) is 0.401. The van der Waals surface area contributed by atoms with Crippen molar-refractivity contribution in [3.05, 3.63) is 28.6 Å². The molecule has 0 unspecified atom stereocenters. The van der Waals surface area contributed by atoms with Crippen LogP contribution in [0.25, 0.3) is 11.1 Å². The number of carbonyl (C=O) groups is 1. The van der Waals surface area contributed by atoms with E-state index in [1.807, 2.05) is 18.2 Å². The van der Waals surface area contributed by atoms with Gasteiger partial charge in [-0.3, -0.25) is 0 Å². The molecule has 0 saturated heterocycles. The molecule has 17 heavy (non-hydrogen) atoms. The molecule has 0 radical (unpaired) electrons. The molecule has 0 saturated carbocycles. The SMILES string of the molecule is O=C(O)NCCCc1nc2cc(Br)ccc2o1. The van der Waals surface area contributed by atoms with Crippen LogP contribution in [0.4, 0.5) is 4.79 Å². The summed E-state index contributed by atoms with van der Waals surface area (Å²) in [5, 5.41) is 10.7. The number of fused-ring (bicyclic) bond motifs is 1. The molecule has 0 fully saturated rings. The van der Waals surface area contributed by atoms with E-state index in [-0.39, 0.29) is 0 Å². The molecule has 5 nitrogen and oxygen atoms in total. The van der Waals surface area contributed by atoms with Crippen LogP contribution < -0.4 is 5.32 Å². The number of carboxylic acid groups (broad SMARTS) is 1. The van der Waals surface area contributed by atoms with Gasteiger partial charge in [0.15, 0.2) is 11.5 Å². The van der Waals surface area contributed by atoms with Crippen molar-refractivity contribution in [1.29, 1.82) is 0 Å². The monoisotopic (exact) mass is 298 g/mol. The van der Waals surface area contributed by atoms with Crippen LogP contribution in [0.3, 0.4) is 0 Å². The van der Waals surface area contributed by atoms with Crippen LogP contribution in [-0.4, -0.2) is 22.7 Å². The van der Waals surface area contributed by atoms with Gasteiger partial charge in [0.2, 0.25) is 0 Å². The maximum atomic E-state index is 10.2. The molecule has 2 N–H and O–H groups in total. The predicted molar refractivity (Wildman–Crippen MR) is 66.1 cm³/mol. The number of amides is 1. The van der Waals surface area contributed by atoms with Gasteiger partial charge in [-0.1, -0.05) is 15.9 Å². The fourth-order valence-electron chi connectivity index (χ4n) is 1.49. The largest absolute Gasteiger partial charge is 0.465 e. The number of benzene rings is 1. The second-order valence-electron chi connectivity index (χ2n) is 3.56. The summed E-state index contributed by atoms with van der Waals surface area (Å²) in [4.78, 5) is 14.6. The highest BCUT2D eigenvalue weighted by atomic mass is 79.9. The number of nitrogens with one attached hydrogen (secondary N) is 1. The van der Waals surface area contributed by atoms with E-state index in [0.29, 0.717) is 25.3 Å². The second kappa shape index (κ2) is 5.18.